The molecule has 0 spiro atoms. The number of benzene rings is 2. The monoisotopic (exact) mass is 487 g/mol. The summed E-state index contributed by atoms with van der Waals surface area (Å²) in [6.07, 6.45) is 3.31. The van der Waals surface area contributed by atoms with Gasteiger partial charge in [0.1, 0.15) is 5.75 Å². The zero-order valence-corrected chi connectivity index (χ0v) is 24.7. The number of aryl methyl sites for hydroxylation is 1. The summed E-state index contributed by atoms with van der Waals surface area (Å²) >= 11 is 0. The van der Waals surface area contributed by atoms with Crippen LogP contribution >= 0.6 is 0 Å². The van der Waals surface area contributed by atoms with Crippen LogP contribution in [0.1, 0.15) is 78.0 Å². The second-order valence-electron chi connectivity index (χ2n) is 9.10. The van der Waals surface area contributed by atoms with Crippen molar-refractivity contribution < 1.29 is 14.2 Å². The third-order valence-electron chi connectivity index (χ3n) is 6.81. The minimum absolute atomic E-state index is 0.0880. The normalized spacial score (nSPS) is 12.2. The van der Waals surface area contributed by atoms with Gasteiger partial charge in [-0.1, -0.05) is 66.7 Å². The van der Waals surface area contributed by atoms with E-state index >= 15 is 0 Å². The molecular weight excluding hydrogens is 434 g/mol. The fourth-order valence-corrected chi connectivity index (χ4v) is 4.13. The quantitative estimate of drug-likeness (QED) is 0.304. The molecule has 1 unspecified atom stereocenters. The molecule has 4 heteroatoms. The van der Waals surface area contributed by atoms with Gasteiger partial charge in [0.2, 0.25) is 0 Å². The topological polar surface area (TPSA) is 30.9 Å². The number of hydrogen-bond acceptors (Lipinski definition) is 4. The second-order valence-corrected chi connectivity index (χ2v) is 9.10. The highest BCUT2D eigenvalue weighted by Gasteiger charge is 2.31. The van der Waals surface area contributed by atoms with Crippen LogP contribution < -0.4 is 14.2 Å². The Morgan fingerprint density at radius 1 is 0.800 bits per heavy atom. The van der Waals surface area contributed by atoms with Crippen LogP contribution in [-0.2, 0) is 11.8 Å². The average molecular weight is 488 g/mol. The zero-order valence-electron chi connectivity index (χ0n) is 24.7. The first-order chi connectivity index (χ1) is 16.7. The Morgan fingerprint density at radius 3 is 1.94 bits per heavy atom. The molecule has 0 saturated heterocycles. The number of hydrogen-bond donors (Lipinski definition) is 0. The summed E-state index contributed by atoms with van der Waals surface area (Å²) in [4.78, 5) is 2.43. The Hall–Kier alpha value is -2.20. The van der Waals surface area contributed by atoms with E-state index in [-0.39, 0.29) is 5.41 Å². The van der Waals surface area contributed by atoms with Crippen LogP contribution in [0.15, 0.2) is 36.4 Å². The van der Waals surface area contributed by atoms with E-state index in [1.807, 2.05) is 33.8 Å². The van der Waals surface area contributed by atoms with Gasteiger partial charge in [-0.05, 0) is 86.0 Å². The molecule has 0 aliphatic carbocycles. The summed E-state index contributed by atoms with van der Waals surface area (Å²) in [7, 11) is 7.34. The largest absolute Gasteiger partial charge is 0.496 e. The van der Waals surface area contributed by atoms with E-state index in [4.69, 9.17) is 14.2 Å². The van der Waals surface area contributed by atoms with Gasteiger partial charge in [-0.2, -0.15) is 0 Å². The Labute approximate surface area is 217 Å². The Bertz CT molecular complexity index is 834. The van der Waals surface area contributed by atoms with Crippen LogP contribution in [0, 0.1) is 12.8 Å². The predicted molar refractivity (Wildman–Crippen MR) is 153 cm³/mol. The zero-order chi connectivity index (χ0) is 27.0. The van der Waals surface area contributed by atoms with Crippen molar-refractivity contribution in [3.8, 4) is 17.2 Å². The summed E-state index contributed by atoms with van der Waals surface area (Å²) in [6.45, 7) is 19.2. The highest BCUT2D eigenvalue weighted by atomic mass is 16.5. The van der Waals surface area contributed by atoms with Crippen molar-refractivity contribution >= 4 is 0 Å². The third-order valence-corrected chi connectivity index (χ3v) is 6.81. The molecule has 0 fully saturated rings. The molecule has 1 atom stereocenters. The van der Waals surface area contributed by atoms with Crippen molar-refractivity contribution in [3.63, 3.8) is 0 Å². The second kappa shape index (κ2) is 17.3. The van der Waals surface area contributed by atoms with E-state index in [0.29, 0.717) is 5.92 Å². The summed E-state index contributed by atoms with van der Waals surface area (Å²) in [5.74, 6) is 3.08. The van der Waals surface area contributed by atoms with Crippen LogP contribution in [0.4, 0.5) is 0 Å². The molecule has 0 N–H and O–H groups in total. The maximum atomic E-state index is 5.55. The third kappa shape index (κ3) is 9.76. The van der Waals surface area contributed by atoms with Crippen LogP contribution in [0.5, 0.6) is 17.2 Å². The summed E-state index contributed by atoms with van der Waals surface area (Å²) in [6, 6.07) is 12.9. The molecule has 2 rings (SSSR count). The first kappa shape index (κ1) is 32.8. The molecule has 0 aliphatic rings. The van der Waals surface area contributed by atoms with E-state index in [0.717, 1.165) is 49.6 Å². The first-order valence-corrected chi connectivity index (χ1v) is 13.3. The van der Waals surface area contributed by atoms with Crippen molar-refractivity contribution in [1.29, 1.82) is 0 Å². The summed E-state index contributed by atoms with van der Waals surface area (Å²) in [5, 5.41) is 0. The Balaban J connectivity index is 0.00000274. The molecule has 2 aromatic carbocycles. The molecule has 0 heterocycles. The van der Waals surface area contributed by atoms with Crippen molar-refractivity contribution in [3.05, 3.63) is 53.1 Å². The van der Waals surface area contributed by atoms with Gasteiger partial charge in [0, 0.05) is 6.54 Å². The Kier molecular flexibility index (Phi) is 16.2. The standard InChI is InChI=1S/C27H41NO3.2C2H6/c1-20(2)27(4,23-12-13-24(29-6)26(19-23)31-8)15-9-16-28(5)17-14-22-11-10-21(3)25(18-22)30-7;2*1-2/h10-13,18-20H,9,14-17H2,1-8H3;2*1-2H3. The molecule has 2 aromatic rings. The minimum Gasteiger partial charge on any atom is -0.496 e. The number of likely N-dealkylation sites (N-methyl/N-ethyl adjacent to an activating group) is 1. The molecule has 4 nitrogen and oxygen atoms in total. The van der Waals surface area contributed by atoms with Gasteiger partial charge in [0.05, 0.1) is 21.3 Å². The lowest BCUT2D eigenvalue weighted by atomic mass is 9.70. The molecule has 35 heavy (non-hydrogen) atoms. The molecule has 0 aliphatic heterocycles. The highest BCUT2D eigenvalue weighted by Crippen LogP contribution is 2.40. The van der Waals surface area contributed by atoms with Gasteiger partial charge in [0.25, 0.3) is 0 Å². The van der Waals surface area contributed by atoms with E-state index in [1.165, 1.54) is 16.7 Å². The van der Waals surface area contributed by atoms with Crippen molar-refractivity contribution in [2.24, 2.45) is 5.92 Å². The van der Waals surface area contributed by atoms with Gasteiger partial charge in [-0.15, -0.1) is 0 Å². The fourth-order valence-electron chi connectivity index (χ4n) is 4.13. The van der Waals surface area contributed by atoms with E-state index in [9.17, 15) is 0 Å². The van der Waals surface area contributed by atoms with Crippen molar-refractivity contribution in [2.45, 2.75) is 80.1 Å². The fraction of sp³-hybridized carbons (Fsp3) is 0.613. The molecule has 0 saturated carbocycles. The minimum atomic E-state index is 0.0880. The highest BCUT2D eigenvalue weighted by molar-refractivity contribution is 5.45. The molecular formula is C31H53NO3. The van der Waals surface area contributed by atoms with Gasteiger partial charge >= 0.3 is 0 Å². The average Bonchev–Trinajstić information content (AvgIpc) is 2.89. The SMILES string of the molecule is CC.CC.COc1cc(CCN(C)CCCC(C)(c2ccc(OC)c(OC)c2)C(C)C)ccc1C. The lowest BCUT2D eigenvalue weighted by Crippen LogP contribution is -2.31. The van der Waals surface area contributed by atoms with E-state index in [1.54, 1.807) is 21.3 Å². The van der Waals surface area contributed by atoms with E-state index < -0.39 is 0 Å². The van der Waals surface area contributed by atoms with Gasteiger partial charge in [0.15, 0.2) is 11.5 Å². The molecule has 0 radical (unpaired) electrons. The van der Waals surface area contributed by atoms with Crippen LogP contribution in [0.2, 0.25) is 0 Å². The number of ether oxygens (including phenoxy) is 3. The summed E-state index contributed by atoms with van der Waals surface area (Å²) in [5.41, 5.74) is 3.91. The molecule has 0 amide bonds. The smallest absolute Gasteiger partial charge is 0.161 e. The maximum Gasteiger partial charge on any atom is 0.161 e. The maximum absolute atomic E-state index is 5.55. The van der Waals surface area contributed by atoms with Crippen molar-refractivity contribution in [2.75, 3.05) is 41.5 Å². The Morgan fingerprint density at radius 2 is 1.40 bits per heavy atom. The lowest BCUT2D eigenvalue weighted by Gasteiger charge is -2.35. The predicted octanol–water partition coefficient (Wildman–Crippen LogP) is 7.94. The first-order valence-electron chi connectivity index (χ1n) is 13.3. The number of methoxy groups -OCH3 is 3. The van der Waals surface area contributed by atoms with Gasteiger partial charge in [-0.3, -0.25) is 0 Å². The van der Waals surface area contributed by atoms with Gasteiger partial charge in [-0.25, -0.2) is 0 Å². The van der Waals surface area contributed by atoms with Crippen LogP contribution in [0.25, 0.3) is 0 Å². The van der Waals surface area contributed by atoms with Crippen LogP contribution in [0.3, 0.4) is 0 Å². The number of nitrogens with zero attached hydrogens (tertiary/aromatic N) is 1. The molecule has 200 valence electrons. The van der Waals surface area contributed by atoms with Gasteiger partial charge < -0.3 is 19.1 Å². The summed E-state index contributed by atoms with van der Waals surface area (Å²) < 4.78 is 16.4. The molecule has 0 bridgehead atoms. The van der Waals surface area contributed by atoms with Crippen LogP contribution in [-0.4, -0.2) is 46.4 Å². The van der Waals surface area contributed by atoms with E-state index in [2.05, 4.69) is 70.0 Å². The lowest BCUT2D eigenvalue weighted by molar-refractivity contribution is 0.267. The van der Waals surface area contributed by atoms with Crippen molar-refractivity contribution in [1.82, 2.24) is 4.90 Å². The number of rotatable bonds is 12. The molecule has 0 aromatic heterocycles.